The first-order valence-electron chi connectivity index (χ1n) is 3.66. The molecule has 74 valence electrons. The molecule has 0 aliphatic rings. The second-order valence-corrected chi connectivity index (χ2v) is 2.74. The summed E-state index contributed by atoms with van der Waals surface area (Å²) in [5.41, 5.74) is -0.745. The van der Waals surface area contributed by atoms with Gasteiger partial charge in [-0.3, -0.25) is 4.79 Å². The van der Waals surface area contributed by atoms with Gasteiger partial charge >= 0.3 is 5.97 Å². The Morgan fingerprint density at radius 1 is 1.21 bits per heavy atom. The van der Waals surface area contributed by atoms with E-state index in [1.807, 2.05) is 0 Å². The number of benzene rings is 1. The van der Waals surface area contributed by atoms with E-state index in [1.165, 1.54) is 6.92 Å². The summed E-state index contributed by atoms with van der Waals surface area (Å²) in [6.45, 7) is 1.43. The second kappa shape index (κ2) is 3.53. The molecule has 0 saturated carbocycles. The second-order valence-electron chi connectivity index (χ2n) is 2.74. The van der Waals surface area contributed by atoms with Crippen LogP contribution in [-0.4, -0.2) is 16.9 Å². The van der Waals surface area contributed by atoms with E-state index in [0.29, 0.717) is 0 Å². The Morgan fingerprint density at radius 2 is 1.64 bits per heavy atom. The van der Waals surface area contributed by atoms with Crippen molar-refractivity contribution in [1.29, 1.82) is 0 Å². The summed E-state index contributed by atoms with van der Waals surface area (Å²) >= 11 is 0. The molecule has 0 aliphatic carbocycles. The Balaban J connectivity index is 3.35. The summed E-state index contributed by atoms with van der Waals surface area (Å²) in [5, 5.41) is 8.27. The number of Topliss-reactive ketones (excluding diaryl/α,β-unsaturated/α-hetero) is 1. The molecule has 0 radical (unpaired) electrons. The Morgan fingerprint density at radius 3 is 2.00 bits per heavy atom. The fraction of sp³-hybridized carbons (Fsp3) is 0.111. The molecule has 0 saturated heterocycles. The van der Waals surface area contributed by atoms with Gasteiger partial charge in [0.25, 0.3) is 5.78 Å². The quantitative estimate of drug-likeness (QED) is 0.582. The van der Waals surface area contributed by atoms with E-state index in [-0.39, 0.29) is 5.56 Å². The molecule has 1 N–H and O–H groups in total. The number of rotatable bonds is 2. The van der Waals surface area contributed by atoms with Crippen LogP contribution in [0.25, 0.3) is 0 Å². The minimum absolute atomic E-state index is 0.280. The Kier molecular flexibility index (Phi) is 2.60. The van der Waals surface area contributed by atoms with E-state index >= 15 is 0 Å². The molecule has 5 heteroatoms. The van der Waals surface area contributed by atoms with Crippen LogP contribution in [0.3, 0.4) is 0 Å². The summed E-state index contributed by atoms with van der Waals surface area (Å²) in [6.07, 6.45) is 0. The van der Waals surface area contributed by atoms with E-state index < -0.39 is 29.0 Å². The summed E-state index contributed by atoms with van der Waals surface area (Å²) in [6, 6.07) is 1.80. The molecule has 1 rings (SSSR count). The lowest BCUT2D eigenvalue weighted by Gasteiger charge is -2.01. The molecule has 0 spiro atoms. The molecule has 0 aromatic heterocycles. The molecule has 1 aromatic rings. The van der Waals surface area contributed by atoms with Crippen LogP contribution in [-0.2, 0) is 4.79 Å². The molecular weight excluding hydrogens is 194 g/mol. The van der Waals surface area contributed by atoms with E-state index in [2.05, 4.69) is 0 Å². The van der Waals surface area contributed by atoms with Crippen LogP contribution < -0.4 is 0 Å². The number of aliphatic carboxylic acids is 1. The molecular formula is C9H6F2O3. The van der Waals surface area contributed by atoms with Gasteiger partial charge in [-0.05, 0) is 24.6 Å². The topological polar surface area (TPSA) is 54.4 Å². The van der Waals surface area contributed by atoms with Gasteiger partial charge in [0.05, 0.1) is 0 Å². The summed E-state index contributed by atoms with van der Waals surface area (Å²) in [5.74, 6) is -5.78. The van der Waals surface area contributed by atoms with Crippen molar-refractivity contribution in [3.8, 4) is 0 Å². The van der Waals surface area contributed by atoms with Crippen molar-refractivity contribution in [3.63, 3.8) is 0 Å². The molecule has 0 unspecified atom stereocenters. The van der Waals surface area contributed by atoms with E-state index in [4.69, 9.17) is 5.11 Å². The van der Waals surface area contributed by atoms with Crippen molar-refractivity contribution in [1.82, 2.24) is 0 Å². The van der Waals surface area contributed by atoms with Crippen LogP contribution in [0, 0.1) is 18.6 Å². The van der Waals surface area contributed by atoms with Crippen LogP contribution in [0.1, 0.15) is 15.9 Å². The Hall–Kier alpha value is -1.78. The van der Waals surface area contributed by atoms with Gasteiger partial charge in [0.15, 0.2) is 0 Å². The smallest absolute Gasteiger partial charge is 0.377 e. The molecule has 3 nitrogen and oxygen atoms in total. The summed E-state index contributed by atoms with van der Waals surface area (Å²) in [4.78, 5) is 21.0. The molecule has 0 aliphatic heterocycles. The third kappa shape index (κ3) is 1.76. The van der Waals surface area contributed by atoms with Crippen LogP contribution in [0.2, 0.25) is 0 Å². The van der Waals surface area contributed by atoms with Gasteiger partial charge in [-0.15, -0.1) is 0 Å². The number of ketones is 1. The zero-order chi connectivity index (χ0) is 10.9. The molecule has 0 fully saturated rings. The normalized spacial score (nSPS) is 9.93. The molecule has 0 heterocycles. The largest absolute Gasteiger partial charge is 0.475 e. The summed E-state index contributed by atoms with van der Waals surface area (Å²) < 4.78 is 26.0. The van der Waals surface area contributed by atoms with Gasteiger partial charge in [0.1, 0.15) is 17.2 Å². The highest BCUT2D eigenvalue weighted by atomic mass is 19.1. The number of carbonyl (C=O) groups excluding carboxylic acids is 1. The molecule has 0 amide bonds. The van der Waals surface area contributed by atoms with Crippen molar-refractivity contribution < 1.29 is 23.5 Å². The van der Waals surface area contributed by atoms with Crippen LogP contribution in [0.15, 0.2) is 12.1 Å². The predicted octanol–water partition coefficient (Wildman–Crippen LogP) is 1.54. The van der Waals surface area contributed by atoms with Crippen LogP contribution in [0.5, 0.6) is 0 Å². The first-order valence-corrected chi connectivity index (χ1v) is 3.66. The number of hydrogen-bond acceptors (Lipinski definition) is 2. The van der Waals surface area contributed by atoms with Crippen LogP contribution >= 0.6 is 0 Å². The third-order valence-corrected chi connectivity index (χ3v) is 1.61. The van der Waals surface area contributed by atoms with Crippen molar-refractivity contribution in [2.24, 2.45) is 0 Å². The lowest BCUT2D eigenvalue weighted by atomic mass is 10.1. The first kappa shape index (κ1) is 10.3. The number of halogens is 2. The van der Waals surface area contributed by atoms with E-state index in [0.717, 1.165) is 12.1 Å². The van der Waals surface area contributed by atoms with E-state index in [1.54, 1.807) is 0 Å². The lowest BCUT2D eigenvalue weighted by molar-refractivity contribution is -0.131. The lowest BCUT2D eigenvalue weighted by Crippen LogP contribution is -2.16. The van der Waals surface area contributed by atoms with Gasteiger partial charge in [0, 0.05) is 0 Å². The SMILES string of the molecule is Cc1cc(F)c(C(=O)C(=O)O)c(F)c1. The van der Waals surface area contributed by atoms with Gasteiger partial charge in [-0.1, -0.05) is 0 Å². The number of carbonyl (C=O) groups is 2. The number of carboxylic acids is 1. The van der Waals surface area contributed by atoms with Gasteiger partial charge in [-0.25, -0.2) is 13.6 Å². The van der Waals surface area contributed by atoms with Crippen molar-refractivity contribution in [3.05, 3.63) is 34.9 Å². The number of hydrogen-bond donors (Lipinski definition) is 1. The maximum absolute atomic E-state index is 13.0. The molecule has 14 heavy (non-hydrogen) atoms. The highest BCUT2D eigenvalue weighted by molar-refractivity contribution is 6.40. The zero-order valence-corrected chi connectivity index (χ0v) is 7.17. The summed E-state index contributed by atoms with van der Waals surface area (Å²) in [7, 11) is 0. The van der Waals surface area contributed by atoms with Crippen molar-refractivity contribution >= 4 is 11.8 Å². The fourth-order valence-corrected chi connectivity index (χ4v) is 1.02. The average Bonchev–Trinajstić information content (AvgIpc) is 2.01. The Labute approximate surface area is 78.0 Å². The van der Waals surface area contributed by atoms with Crippen molar-refractivity contribution in [2.75, 3.05) is 0 Å². The maximum atomic E-state index is 13.0. The standard InChI is InChI=1S/C9H6F2O3/c1-4-2-5(10)7(6(11)3-4)8(12)9(13)14/h2-3H,1H3,(H,13,14). The third-order valence-electron chi connectivity index (χ3n) is 1.61. The highest BCUT2D eigenvalue weighted by Gasteiger charge is 2.23. The fourth-order valence-electron chi connectivity index (χ4n) is 1.02. The van der Waals surface area contributed by atoms with Gasteiger partial charge in [-0.2, -0.15) is 0 Å². The van der Waals surface area contributed by atoms with Crippen molar-refractivity contribution in [2.45, 2.75) is 6.92 Å². The zero-order valence-electron chi connectivity index (χ0n) is 7.17. The average molecular weight is 200 g/mol. The molecule has 0 atom stereocenters. The maximum Gasteiger partial charge on any atom is 0.377 e. The number of carboxylic acid groups (broad SMARTS) is 1. The molecule has 0 bridgehead atoms. The van der Waals surface area contributed by atoms with Gasteiger partial charge < -0.3 is 5.11 Å². The molecule has 1 aromatic carbocycles. The minimum Gasteiger partial charge on any atom is -0.475 e. The predicted molar refractivity (Wildman–Crippen MR) is 43.1 cm³/mol. The van der Waals surface area contributed by atoms with E-state index in [9.17, 15) is 18.4 Å². The van der Waals surface area contributed by atoms with Crippen LogP contribution in [0.4, 0.5) is 8.78 Å². The van der Waals surface area contributed by atoms with Gasteiger partial charge in [0.2, 0.25) is 0 Å². The minimum atomic E-state index is -1.88. The highest BCUT2D eigenvalue weighted by Crippen LogP contribution is 2.15. The monoisotopic (exact) mass is 200 g/mol. The first-order chi connectivity index (χ1) is 6.43. The number of aryl methyl sites for hydroxylation is 1. The Bertz CT molecular complexity index is 390.